The van der Waals surface area contributed by atoms with Crippen LogP contribution < -0.4 is 10.1 Å². The number of amides is 1. The molecule has 0 fully saturated rings. The average Bonchev–Trinajstić information content (AvgIpc) is 2.93. The van der Waals surface area contributed by atoms with E-state index in [4.69, 9.17) is 4.74 Å². The minimum absolute atomic E-state index is 0.0748. The summed E-state index contributed by atoms with van der Waals surface area (Å²) in [6.45, 7) is 0. The number of hydrogen-bond acceptors (Lipinski definition) is 2. The van der Waals surface area contributed by atoms with Gasteiger partial charge in [-0.3, -0.25) is 4.79 Å². The van der Waals surface area contributed by atoms with Gasteiger partial charge in [0.15, 0.2) is 0 Å². The van der Waals surface area contributed by atoms with Crippen LogP contribution in [0.25, 0.3) is 10.9 Å². The number of nitrogens with one attached hydrogen (secondary N) is 2. The van der Waals surface area contributed by atoms with E-state index in [1.54, 1.807) is 25.3 Å². The normalized spacial score (nSPS) is 10.7. The quantitative estimate of drug-likeness (QED) is 0.775. The van der Waals surface area contributed by atoms with Crippen molar-refractivity contribution in [3.8, 4) is 5.75 Å². The molecule has 2 N–H and O–H groups in total. The molecule has 22 heavy (non-hydrogen) atoms. The van der Waals surface area contributed by atoms with Gasteiger partial charge in [0.25, 0.3) is 5.91 Å². The lowest BCUT2D eigenvalue weighted by Crippen LogP contribution is -2.12. The number of aromatic nitrogens is 1. The van der Waals surface area contributed by atoms with Crippen molar-refractivity contribution in [1.29, 1.82) is 0 Å². The van der Waals surface area contributed by atoms with Gasteiger partial charge in [0.1, 0.15) is 17.4 Å². The molecule has 0 aliphatic rings. The van der Waals surface area contributed by atoms with Crippen LogP contribution in [0.4, 0.5) is 14.5 Å². The van der Waals surface area contributed by atoms with Gasteiger partial charge in [0.05, 0.1) is 18.4 Å². The molecule has 0 unspecified atom stereocenters. The van der Waals surface area contributed by atoms with Gasteiger partial charge in [-0.25, -0.2) is 8.78 Å². The van der Waals surface area contributed by atoms with Crippen molar-refractivity contribution in [2.45, 2.75) is 0 Å². The molecule has 0 bridgehead atoms. The molecule has 1 heterocycles. The number of H-pyrrole nitrogens is 1. The first-order valence-corrected chi connectivity index (χ1v) is 6.50. The fourth-order valence-electron chi connectivity index (χ4n) is 2.20. The molecule has 4 nitrogen and oxygen atoms in total. The topological polar surface area (TPSA) is 54.1 Å². The third-order valence-corrected chi connectivity index (χ3v) is 3.31. The summed E-state index contributed by atoms with van der Waals surface area (Å²) in [4.78, 5) is 15.2. The maximum absolute atomic E-state index is 13.6. The summed E-state index contributed by atoms with van der Waals surface area (Å²) in [7, 11) is 1.55. The Morgan fingerprint density at radius 1 is 1.18 bits per heavy atom. The smallest absolute Gasteiger partial charge is 0.257 e. The van der Waals surface area contributed by atoms with Gasteiger partial charge in [-0.1, -0.05) is 0 Å². The molecular formula is C16H12F2N2O2. The molecule has 0 radical (unpaired) electrons. The van der Waals surface area contributed by atoms with Crippen LogP contribution in [0.1, 0.15) is 10.4 Å². The Bertz CT molecular complexity index is 858. The number of carbonyl (C=O) groups is 1. The molecule has 0 saturated carbocycles. The third kappa shape index (κ3) is 2.50. The molecule has 1 aromatic heterocycles. The number of benzene rings is 2. The fourth-order valence-corrected chi connectivity index (χ4v) is 2.20. The second kappa shape index (κ2) is 5.48. The zero-order valence-electron chi connectivity index (χ0n) is 11.6. The van der Waals surface area contributed by atoms with Gasteiger partial charge in [0.2, 0.25) is 0 Å². The minimum Gasteiger partial charge on any atom is -0.497 e. The van der Waals surface area contributed by atoms with Gasteiger partial charge >= 0.3 is 0 Å². The first kappa shape index (κ1) is 14.1. The predicted molar refractivity (Wildman–Crippen MR) is 79.2 cm³/mol. The predicted octanol–water partition coefficient (Wildman–Crippen LogP) is 3.71. The molecule has 2 aromatic carbocycles. The Kier molecular flexibility index (Phi) is 3.50. The van der Waals surface area contributed by atoms with E-state index < -0.39 is 17.5 Å². The second-order valence-electron chi connectivity index (χ2n) is 4.69. The van der Waals surface area contributed by atoms with Crippen molar-refractivity contribution < 1.29 is 18.3 Å². The van der Waals surface area contributed by atoms with Crippen molar-refractivity contribution in [1.82, 2.24) is 4.98 Å². The fraction of sp³-hybridized carbons (Fsp3) is 0.0625. The van der Waals surface area contributed by atoms with Gasteiger partial charge in [0, 0.05) is 29.2 Å². The van der Waals surface area contributed by atoms with Crippen molar-refractivity contribution in [2.24, 2.45) is 0 Å². The summed E-state index contributed by atoms with van der Waals surface area (Å²) < 4.78 is 31.6. The zero-order valence-corrected chi connectivity index (χ0v) is 11.6. The van der Waals surface area contributed by atoms with Crippen LogP contribution in [-0.2, 0) is 0 Å². The van der Waals surface area contributed by atoms with Crippen LogP contribution >= 0.6 is 0 Å². The first-order valence-electron chi connectivity index (χ1n) is 6.50. The molecular weight excluding hydrogens is 290 g/mol. The maximum atomic E-state index is 13.6. The van der Waals surface area contributed by atoms with Crippen molar-refractivity contribution in [3.63, 3.8) is 0 Å². The molecule has 3 aromatic rings. The van der Waals surface area contributed by atoms with Crippen molar-refractivity contribution >= 4 is 22.5 Å². The largest absolute Gasteiger partial charge is 0.497 e. The van der Waals surface area contributed by atoms with E-state index in [-0.39, 0.29) is 5.69 Å². The molecule has 0 aliphatic carbocycles. The lowest BCUT2D eigenvalue weighted by molar-refractivity contribution is 0.102. The van der Waals surface area contributed by atoms with Crippen molar-refractivity contribution in [2.75, 3.05) is 12.4 Å². The van der Waals surface area contributed by atoms with E-state index in [1.165, 1.54) is 12.3 Å². The molecule has 0 saturated heterocycles. The highest BCUT2D eigenvalue weighted by Gasteiger charge is 2.14. The molecule has 3 rings (SSSR count). The van der Waals surface area contributed by atoms with E-state index in [1.807, 2.05) is 0 Å². The van der Waals surface area contributed by atoms with Crippen LogP contribution in [0.3, 0.4) is 0 Å². The van der Waals surface area contributed by atoms with E-state index >= 15 is 0 Å². The summed E-state index contributed by atoms with van der Waals surface area (Å²) in [6.07, 6.45) is 1.53. The number of anilines is 1. The van der Waals surface area contributed by atoms with Gasteiger partial charge in [-0.2, -0.15) is 0 Å². The molecule has 6 heteroatoms. The average molecular weight is 302 g/mol. The summed E-state index contributed by atoms with van der Waals surface area (Å²) >= 11 is 0. The number of carbonyl (C=O) groups excluding carboxylic acids is 1. The first-order chi connectivity index (χ1) is 10.6. The minimum atomic E-state index is -0.824. The molecule has 0 aliphatic heterocycles. The molecule has 1 amide bonds. The van der Waals surface area contributed by atoms with E-state index in [0.717, 1.165) is 17.6 Å². The zero-order chi connectivity index (χ0) is 15.7. The van der Waals surface area contributed by atoms with Crippen molar-refractivity contribution in [3.05, 3.63) is 59.8 Å². The van der Waals surface area contributed by atoms with E-state index in [9.17, 15) is 13.6 Å². The Hall–Kier alpha value is -2.89. The summed E-state index contributed by atoms with van der Waals surface area (Å²) in [5, 5.41) is 3.11. The maximum Gasteiger partial charge on any atom is 0.257 e. The summed E-state index contributed by atoms with van der Waals surface area (Å²) in [6, 6.07) is 8.20. The Balaban J connectivity index is 1.92. The highest BCUT2D eigenvalue weighted by atomic mass is 19.1. The number of hydrogen-bond donors (Lipinski definition) is 2. The lowest BCUT2D eigenvalue weighted by atomic mass is 10.1. The summed E-state index contributed by atoms with van der Waals surface area (Å²) in [5.74, 6) is -1.35. The number of ether oxygens (including phenoxy) is 1. The highest BCUT2D eigenvalue weighted by Crippen LogP contribution is 2.24. The number of fused-ring (bicyclic) bond motifs is 1. The van der Waals surface area contributed by atoms with Crippen LogP contribution in [0.5, 0.6) is 5.75 Å². The number of methoxy groups -OCH3 is 1. The van der Waals surface area contributed by atoms with Crippen LogP contribution in [0.2, 0.25) is 0 Å². The van der Waals surface area contributed by atoms with Gasteiger partial charge < -0.3 is 15.0 Å². The summed E-state index contributed by atoms with van der Waals surface area (Å²) in [5.41, 5.74) is 1.01. The Morgan fingerprint density at radius 3 is 2.73 bits per heavy atom. The SMILES string of the molecule is COc1ccc2c(C(=O)Nc3ccc(F)cc3F)c[nH]c2c1. The highest BCUT2D eigenvalue weighted by molar-refractivity contribution is 6.12. The lowest BCUT2D eigenvalue weighted by Gasteiger charge is -2.06. The van der Waals surface area contributed by atoms with Crippen LogP contribution in [0, 0.1) is 11.6 Å². The van der Waals surface area contributed by atoms with Crippen LogP contribution in [-0.4, -0.2) is 18.0 Å². The number of rotatable bonds is 3. The molecule has 0 atom stereocenters. The standard InChI is InChI=1S/C16H12F2N2O2/c1-22-10-3-4-11-12(8-19-15(11)7-10)16(21)20-14-5-2-9(17)6-13(14)18/h2-8,19H,1H3,(H,20,21). The van der Waals surface area contributed by atoms with Crippen LogP contribution in [0.15, 0.2) is 42.6 Å². The Labute approximate surface area is 124 Å². The number of halogens is 2. The third-order valence-electron chi connectivity index (χ3n) is 3.31. The molecule has 0 spiro atoms. The monoisotopic (exact) mass is 302 g/mol. The van der Waals surface area contributed by atoms with Gasteiger partial charge in [-0.15, -0.1) is 0 Å². The number of aromatic amines is 1. The van der Waals surface area contributed by atoms with E-state index in [0.29, 0.717) is 16.7 Å². The van der Waals surface area contributed by atoms with Gasteiger partial charge in [-0.05, 0) is 24.3 Å². The second-order valence-corrected chi connectivity index (χ2v) is 4.69. The Morgan fingerprint density at radius 2 is 2.00 bits per heavy atom. The molecule has 112 valence electrons. The van der Waals surface area contributed by atoms with E-state index in [2.05, 4.69) is 10.3 Å².